The van der Waals surface area contributed by atoms with E-state index in [9.17, 15) is 9.60 Å². The highest BCUT2D eigenvalue weighted by atomic mass is 14.2. The maximum absolute atomic E-state index is 9.76. The van der Waals surface area contributed by atoms with E-state index in [-0.39, 0.29) is 5.39 Å². The molecule has 0 spiro atoms. The van der Waals surface area contributed by atoms with E-state index in [1.54, 1.807) is 0 Å². The molecule has 40 heavy (non-hydrogen) atoms. The van der Waals surface area contributed by atoms with Crippen LogP contribution in [0.25, 0.3) is 76.5 Å². The third-order valence-corrected chi connectivity index (χ3v) is 6.45. The van der Waals surface area contributed by atoms with Gasteiger partial charge >= 0.3 is 0 Å². The lowest BCUT2D eigenvalue weighted by Gasteiger charge is -2.19. The summed E-state index contributed by atoms with van der Waals surface area (Å²) in [7, 11) is 0. The van der Waals surface area contributed by atoms with Gasteiger partial charge in [0.15, 0.2) is 0 Å². The monoisotopic (exact) mass is 531 g/mol. The molecule has 8 aromatic carbocycles. The summed E-state index contributed by atoms with van der Waals surface area (Å²) in [4.78, 5) is 0. The Hall–Kier alpha value is -5.20. The maximum Gasteiger partial charge on any atom is 0.0636 e. The van der Waals surface area contributed by atoms with E-state index in [1.807, 2.05) is 0 Å². The van der Waals surface area contributed by atoms with Gasteiger partial charge in [-0.25, -0.2) is 0 Å². The fraction of sp³-hybridized carbons (Fsp3) is 0. The fourth-order valence-corrected chi connectivity index (χ4v) is 4.78. The van der Waals surface area contributed by atoms with Crippen molar-refractivity contribution in [1.82, 2.24) is 0 Å². The van der Waals surface area contributed by atoms with Gasteiger partial charge < -0.3 is 0 Å². The lowest BCUT2D eigenvalue weighted by Crippen LogP contribution is -1.92. The van der Waals surface area contributed by atoms with Crippen molar-refractivity contribution in [1.29, 1.82) is 0 Å². The van der Waals surface area contributed by atoms with Gasteiger partial charge in [0, 0.05) is 0 Å². The number of hydrogen-bond acceptors (Lipinski definition) is 0. The molecule has 0 aliphatic carbocycles. The number of benzene rings is 8. The van der Waals surface area contributed by atoms with Crippen LogP contribution in [-0.4, -0.2) is 0 Å². The molecule has 0 heteroatoms. The lowest BCUT2D eigenvalue weighted by atomic mass is 9.84. The Morgan fingerprint density at radius 3 is 1.50 bits per heavy atom. The van der Waals surface area contributed by atoms with Crippen LogP contribution in [0, 0.1) is 0 Å². The van der Waals surface area contributed by atoms with Gasteiger partial charge in [-0.15, -0.1) is 0 Å². The van der Waals surface area contributed by atoms with Gasteiger partial charge in [-0.05, 0) is 82.5 Å². The van der Waals surface area contributed by atoms with Crippen LogP contribution in [0.2, 0.25) is 0 Å². The molecule has 0 unspecified atom stereocenters. The molecule has 0 fully saturated rings. The van der Waals surface area contributed by atoms with Crippen molar-refractivity contribution >= 4 is 43.1 Å². The summed E-state index contributed by atoms with van der Waals surface area (Å²) in [6, 6.07) is -21.2. The van der Waals surface area contributed by atoms with E-state index in [4.69, 9.17) is 24.7 Å². The Balaban J connectivity index is 1.76. The summed E-state index contributed by atoms with van der Waals surface area (Å²) in [5.74, 6) is 0. The van der Waals surface area contributed by atoms with Crippen LogP contribution in [0.15, 0.2) is 157 Å². The first kappa shape index (κ1) is 8.91. The summed E-state index contributed by atoms with van der Waals surface area (Å²) in [6.07, 6.45) is 0. The summed E-state index contributed by atoms with van der Waals surface area (Å²) >= 11 is 0. The highest BCUT2D eigenvalue weighted by molar-refractivity contribution is 6.23. The maximum atomic E-state index is 9.76. The fourth-order valence-electron chi connectivity index (χ4n) is 4.78. The second-order valence-electron chi connectivity index (χ2n) is 8.58. The van der Waals surface area contributed by atoms with Gasteiger partial charge in [0.1, 0.15) is 0 Å². The molecule has 0 saturated carbocycles. The zero-order chi connectivity index (χ0) is 48.2. The van der Waals surface area contributed by atoms with E-state index < -0.39 is 222 Å². The van der Waals surface area contributed by atoms with Gasteiger partial charge in [-0.1, -0.05) is 151 Å². The molecule has 0 heterocycles. The quantitative estimate of drug-likeness (QED) is 0.199. The van der Waals surface area contributed by atoms with Crippen molar-refractivity contribution in [3.63, 3.8) is 0 Å². The van der Waals surface area contributed by atoms with Crippen LogP contribution < -0.4 is 0 Å². The minimum atomic E-state index is -1.05. The van der Waals surface area contributed by atoms with E-state index in [1.165, 1.54) is 0 Å². The third kappa shape index (κ3) is 3.54. The first-order valence-electron chi connectivity index (χ1n) is 24.3. The van der Waals surface area contributed by atoms with Crippen molar-refractivity contribution in [2.24, 2.45) is 0 Å². The predicted octanol–water partition coefficient (Wildman–Crippen LogP) is 11.3. The van der Waals surface area contributed by atoms with Gasteiger partial charge in [0.25, 0.3) is 0 Å². The van der Waals surface area contributed by atoms with Crippen LogP contribution in [0.4, 0.5) is 0 Å². The second kappa shape index (κ2) is 9.22. The zero-order valence-corrected chi connectivity index (χ0v) is 20.1. The van der Waals surface area contributed by atoms with E-state index >= 15 is 0 Å². The number of hydrogen-bond donors (Lipinski definition) is 0. The second-order valence-corrected chi connectivity index (χ2v) is 8.58. The number of fused-ring (bicyclic) bond motifs is 4. The highest BCUT2D eigenvalue weighted by Crippen LogP contribution is 2.45. The first-order valence-corrected chi connectivity index (χ1v) is 11.8. The first-order chi connectivity index (χ1) is 30.3. The largest absolute Gasteiger partial charge is 0.0636 e. The normalized spacial score (nSPS) is 20.2. The average Bonchev–Trinajstić information content (AvgIpc) is 3.27. The topological polar surface area (TPSA) is 0 Å². The third-order valence-electron chi connectivity index (χ3n) is 6.45. The molecule has 8 rings (SSSR count). The van der Waals surface area contributed by atoms with Crippen LogP contribution in [0.1, 0.15) is 34.3 Å². The Labute approximate surface area is 268 Å². The molecule has 0 N–H and O–H groups in total. The molecule has 8 aromatic rings. The Bertz CT molecular complexity index is 3500. The summed E-state index contributed by atoms with van der Waals surface area (Å²) in [5, 5.41) is -4.71. The Morgan fingerprint density at radius 1 is 0.325 bits per heavy atom. The minimum absolute atomic E-state index is 0.350. The van der Waals surface area contributed by atoms with Crippen molar-refractivity contribution in [2.75, 3.05) is 0 Å². The summed E-state index contributed by atoms with van der Waals surface area (Å²) < 4.78 is 222. The van der Waals surface area contributed by atoms with Crippen LogP contribution >= 0.6 is 0 Å². The molecule has 0 aliphatic rings. The molecule has 0 aliphatic heterocycles. The molecule has 0 amide bonds. The van der Waals surface area contributed by atoms with Crippen molar-refractivity contribution < 1.29 is 34.3 Å². The summed E-state index contributed by atoms with van der Waals surface area (Å²) in [6.45, 7) is 0. The molecule has 186 valence electrons. The van der Waals surface area contributed by atoms with Crippen LogP contribution in [0.5, 0.6) is 0 Å². The predicted molar refractivity (Wildman–Crippen MR) is 173 cm³/mol. The Kier molecular flexibility index (Phi) is 2.05. The smallest absolute Gasteiger partial charge is 0.0616 e. The van der Waals surface area contributed by atoms with Gasteiger partial charge in [0.2, 0.25) is 0 Å². The van der Waals surface area contributed by atoms with Crippen molar-refractivity contribution in [2.45, 2.75) is 0 Å². The lowest BCUT2D eigenvalue weighted by molar-refractivity contribution is 1.63. The molecule has 0 radical (unpaired) electrons. The molecule has 0 atom stereocenters. The van der Waals surface area contributed by atoms with Gasteiger partial charge in [-0.3, -0.25) is 0 Å². The molecule has 0 nitrogen and oxygen atoms in total. The molecule has 0 saturated heterocycles. The Morgan fingerprint density at radius 2 is 0.800 bits per heavy atom. The van der Waals surface area contributed by atoms with Crippen LogP contribution in [0.3, 0.4) is 0 Å². The van der Waals surface area contributed by atoms with Gasteiger partial charge in [-0.2, -0.15) is 0 Å². The molecular weight excluding hydrogens is 480 g/mol. The van der Waals surface area contributed by atoms with Crippen molar-refractivity contribution in [3.8, 4) is 33.4 Å². The molecule has 0 bridgehead atoms. The highest BCUT2D eigenvalue weighted by Gasteiger charge is 2.18. The minimum Gasteiger partial charge on any atom is -0.0616 e. The van der Waals surface area contributed by atoms with Gasteiger partial charge in [0.05, 0.1) is 34.3 Å². The number of rotatable bonds is 3. The SMILES string of the molecule is [2H]c1cc2c(-c3c4c([2H])c([2H])c([2H])c([2H])c4c(-c4c([2H])c([2H])c([2H])c(-c5c([2H])c([2H])c([2H])c6c([2H])c([2H])c([2H])c([2H])c56)c4[2H])c4c([2H])c([2H])c([2H])c([2H])c34)c([2H])c([2H])c([2H])c2c([2H])c1[2H]. The zero-order valence-electron chi connectivity index (χ0n) is 45.1. The van der Waals surface area contributed by atoms with E-state index in [0.29, 0.717) is 0 Å². The molecular formula is C40H26. The van der Waals surface area contributed by atoms with Crippen LogP contribution in [-0.2, 0) is 0 Å². The molecule has 0 aromatic heterocycles. The summed E-state index contributed by atoms with van der Waals surface area (Å²) in [5.41, 5.74) is -4.23. The standard InChI is InChI=1S/C40H26/c1-3-18-31-27(12-1)14-10-24-33(31)29-16-9-17-30(26-29)39-35-20-5-7-22-37(35)40(38-23-8-6-21-36(38)39)34-25-11-15-28-13-2-4-19-32(28)34/h1-26H/i1D,2D,3D,4D,5D,6D,7D,8D,9D,10D,11D,12D,13D,14D,15D,16D,17D,18D,20D,21D,22D,23D,24D,25D,26D. The average molecular weight is 532 g/mol. The van der Waals surface area contributed by atoms with E-state index in [2.05, 4.69) is 0 Å². The van der Waals surface area contributed by atoms with Crippen molar-refractivity contribution in [3.05, 3.63) is 157 Å². The van der Waals surface area contributed by atoms with E-state index in [0.717, 1.165) is 6.07 Å².